The molecule has 0 bridgehead atoms. The molecular weight excluding hydrogens is 466 g/mol. The number of hydrogen-bond donors (Lipinski definition) is 1. The molecule has 1 saturated heterocycles. The van der Waals surface area contributed by atoms with Crippen molar-refractivity contribution < 1.29 is 28.2 Å². The van der Waals surface area contributed by atoms with E-state index in [1.807, 2.05) is 65.6 Å². The zero-order valence-corrected chi connectivity index (χ0v) is 19.5. The second-order valence-corrected chi connectivity index (χ2v) is 9.12. The fourth-order valence-corrected chi connectivity index (χ4v) is 5.23. The Labute approximate surface area is 207 Å². The van der Waals surface area contributed by atoms with E-state index in [0.29, 0.717) is 25.3 Å². The van der Waals surface area contributed by atoms with E-state index in [1.54, 1.807) is 0 Å². The highest BCUT2D eigenvalue weighted by atomic mass is 19.2. The molecule has 36 heavy (non-hydrogen) atoms. The van der Waals surface area contributed by atoms with Crippen LogP contribution in [0.25, 0.3) is 0 Å². The Morgan fingerprint density at radius 3 is 2.17 bits per heavy atom. The van der Waals surface area contributed by atoms with Crippen LogP contribution in [0, 0.1) is 11.6 Å². The molecule has 186 valence electrons. The molecule has 2 aliphatic rings. The van der Waals surface area contributed by atoms with Crippen molar-refractivity contribution in [1.29, 1.82) is 0 Å². The predicted octanol–water partition coefficient (Wildman–Crippen LogP) is 4.44. The van der Waals surface area contributed by atoms with Crippen molar-refractivity contribution in [2.45, 2.75) is 30.8 Å². The maximum absolute atomic E-state index is 14.2. The van der Waals surface area contributed by atoms with Crippen LogP contribution in [0.5, 0.6) is 5.75 Å². The minimum Gasteiger partial charge on any atom is -0.491 e. The molecular formula is C28H26F2N2O4. The van der Waals surface area contributed by atoms with Crippen molar-refractivity contribution in [3.63, 3.8) is 0 Å². The van der Waals surface area contributed by atoms with Crippen molar-refractivity contribution in [1.82, 2.24) is 4.90 Å². The second kappa shape index (κ2) is 9.97. The van der Waals surface area contributed by atoms with Crippen molar-refractivity contribution in [3.8, 4) is 5.75 Å². The number of carbonyl (C=O) groups excluding carboxylic acids is 1. The van der Waals surface area contributed by atoms with Gasteiger partial charge in [0.15, 0.2) is 11.6 Å². The van der Waals surface area contributed by atoms with E-state index in [1.165, 1.54) is 4.90 Å². The Bertz CT molecular complexity index is 1220. The summed E-state index contributed by atoms with van der Waals surface area (Å²) in [5.41, 5.74) is 1.91. The molecule has 2 aliphatic heterocycles. The topological polar surface area (TPSA) is 70.1 Å². The number of carboxylic acid groups (broad SMARTS) is 1. The Balaban J connectivity index is 1.50. The summed E-state index contributed by atoms with van der Waals surface area (Å²) in [4.78, 5) is 29.6. The molecule has 6 nitrogen and oxygen atoms in total. The quantitative estimate of drug-likeness (QED) is 0.570. The number of fused-ring (bicyclic) bond motifs is 1. The van der Waals surface area contributed by atoms with Gasteiger partial charge in [-0.05, 0) is 17.5 Å². The number of nitrogens with zero attached hydrogens (tertiary/aromatic N) is 2. The van der Waals surface area contributed by atoms with E-state index in [9.17, 15) is 23.5 Å². The zero-order valence-electron chi connectivity index (χ0n) is 19.5. The normalized spacial score (nSPS) is 19.5. The van der Waals surface area contributed by atoms with Crippen LogP contribution in [-0.2, 0) is 9.59 Å². The number of ether oxygens (including phenoxy) is 1. The smallest absolute Gasteiger partial charge is 0.326 e. The number of rotatable bonds is 5. The fraction of sp³-hybridized carbons (Fsp3) is 0.286. The summed E-state index contributed by atoms with van der Waals surface area (Å²) >= 11 is 0. The highest BCUT2D eigenvalue weighted by molar-refractivity contribution is 5.91. The van der Waals surface area contributed by atoms with E-state index >= 15 is 0 Å². The highest BCUT2D eigenvalue weighted by Crippen LogP contribution is 2.38. The van der Waals surface area contributed by atoms with Gasteiger partial charge in [-0.3, -0.25) is 4.79 Å². The van der Waals surface area contributed by atoms with Crippen LogP contribution in [0.2, 0.25) is 0 Å². The molecule has 3 aromatic carbocycles. The van der Waals surface area contributed by atoms with Crippen LogP contribution in [0.4, 0.5) is 14.5 Å². The van der Waals surface area contributed by atoms with Crippen molar-refractivity contribution in [2.75, 3.05) is 24.6 Å². The van der Waals surface area contributed by atoms with Crippen molar-refractivity contribution in [2.24, 2.45) is 0 Å². The minimum atomic E-state index is -1.10. The third-order valence-corrected chi connectivity index (χ3v) is 6.91. The van der Waals surface area contributed by atoms with Crippen molar-refractivity contribution >= 4 is 17.6 Å². The number of likely N-dealkylation sites (tertiary alicyclic amines) is 1. The van der Waals surface area contributed by atoms with Crippen LogP contribution in [-0.4, -0.2) is 53.7 Å². The van der Waals surface area contributed by atoms with E-state index in [0.717, 1.165) is 23.3 Å². The molecule has 2 heterocycles. The number of hydrogen-bond acceptors (Lipinski definition) is 4. The largest absolute Gasteiger partial charge is 0.491 e. The van der Waals surface area contributed by atoms with Gasteiger partial charge in [-0.15, -0.1) is 0 Å². The van der Waals surface area contributed by atoms with Gasteiger partial charge in [0.25, 0.3) is 0 Å². The Morgan fingerprint density at radius 1 is 0.944 bits per heavy atom. The van der Waals surface area contributed by atoms with Gasteiger partial charge in [-0.25, -0.2) is 13.6 Å². The van der Waals surface area contributed by atoms with Gasteiger partial charge >= 0.3 is 5.97 Å². The van der Waals surface area contributed by atoms with Gasteiger partial charge in [-0.2, -0.15) is 0 Å². The van der Waals surface area contributed by atoms with Gasteiger partial charge in [0.05, 0.1) is 18.2 Å². The number of benzene rings is 3. The lowest BCUT2D eigenvalue weighted by Gasteiger charge is -2.31. The molecule has 3 aromatic rings. The molecule has 8 heteroatoms. The molecule has 0 saturated carbocycles. The lowest BCUT2D eigenvalue weighted by Crippen LogP contribution is -2.44. The molecule has 2 atom stereocenters. The summed E-state index contributed by atoms with van der Waals surface area (Å²) in [5.74, 6) is -3.86. The molecule has 0 radical (unpaired) electrons. The van der Waals surface area contributed by atoms with Gasteiger partial charge in [-0.1, -0.05) is 60.7 Å². The first kappa shape index (κ1) is 23.8. The summed E-state index contributed by atoms with van der Waals surface area (Å²) in [6.45, 7) is 0.943. The van der Waals surface area contributed by atoms with E-state index < -0.39 is 35.6 Å². The van der Waals surface area contributed by atoms with Crippen molar-refractivity contribution in [3.05, 3.63) is 95.6 Å². The first-order valence-corrected chi connectivity index (χ1v) is 12.0. The number of halogens is 2. The van der Waals surface area contributed by atoms with E-state index in [-0.39, 0.29) is 24.6 Å². The fourth-order valence-electron chi connectivity index (χ4n) is 5.23. The third kappa shape index (κ3) is 4.51. The predicted molar refractivity (Wildman–Crippen MR) is 130 cm³/mol. The average molecular weight is 493 g/mol. The van der Waals surface area contributed by atoms with Crippen LogP contribution in [0.15, 0.2) is 72.8 Å². The number of carbonyl (C=O) groups is 2. The second-order valence-electron chi connectivity index (χ2n) is 9.12. The lowest BCUT2D eigenvalue weighted by molar-refractivity contribution is -0.148. The van der Waals surface area contributed by atoms with Gasteiger partial charge < -0.3 is 19.6 Å². The number of anilines is 1. The van der Waals surface area contributed by atoms with Crippen LogP contribution < -0.4 is 9.64 Å². The maximum atomic E-state index is 14.2. The summed E-state index contributed by atoms with van der Waals surface area (Å²) in [6.07, 6.45) is 0.757. The third-order valence-electron chi connectivity index (χ3n) is 6.91. The molecule has 0 spiro atoms. The molecule has 1 fully saturated rings. The van der Waals surface area contributed by atoms with Crippen LogP contribution in [0.1, 0.15) is 29.9 Å². The first-order chi connectivity index (χ1) is 17.4. The first-order valence-electron chi connectivity index (χ1n) is 12.0. The molecule has 1 N–H and O–H groups in total. The average Bonchev–Trinajstić information content (AvgIpc) is 3.24. The monoisotopic (exact) mass is 492 g/mol. The van der Waals surface area contributed by atoms with E-state index in [2.05, 4.69) is 0 Å². The zero-order chi connectivity index (χ0) is 25.2. The minimum absolute atomic E-state index is 0.143. The summed E-state index contributed by atoms with van der Waals surface area (Å²) < 4.78 is 33.7. The molecule has 0 aliphatic carbocycles. The number of amides is 1. The Kier molecular flexibility index (Phi) is 6.59. The number of carboxylic acids is 1. The maximum Gasteiger partial charge on any atom is 0.326 e. The summed E-state index contributed by atoms with van der Waals surface area (Å²) in [7, 11) is 0. The molecule has 1 unspecified atom stereocenters. The van der Waals surface area contributed by atoms with Gasteiger partial charge in [0.1, 0.15) is 11.8 Å². The lowest BCUT2D eigenvalue weighted by atomic mass is 9.90. The summed E-state index contributed by atoms with van der Waals surface area (Å²) in [5, 5.41) is 10.1. The van der Waals surface area contributed by atoms with Crippen LogP contribution in [0.3, 0.4) is 0 Å². The highest BCUT2D eigenvalue weighted by Gasteiger charge is 2.45. The van der Waals surface area contributed by atoms with Gasteiger partial charge in [0, 0.05) is 37.7 Å². The summed E-state index contributed by atoms with van der Waals surface area (Å²) in [6, 6.07) is 19.2. The SMILES string of the molecule is O=C(O)[C@@H]1CC(N2CCCOc3cc(F)c(F)cc32)CN1C(=O)C(c1ccccc1)c1ccccc1. The molecule has 5 rings (SSSR count). The Morgan fingerprint density at radius 2 is 1.56 bits per heavy atom. The molecule has 1 amide bonds. The van der Waals surface area contributed by atoms with E-state index in [4.69, 9.17) is 4.74 Å². The van der Waals surface area contributed by atoms with Crippen LogP contribution >= 0.6 is 0 Å². The standard InChI is InChI=1S/C28H26F2N2O4/c29-21-15-23-25(16-22(21)30)36-13-7-12-31(23)20-14-24(28(34)35)32(17-20)27(33)26(18-8-3-1-4-9-18)19-10-5-2-6-11-19/h1-6,8-11,15-16,20,24,26H,7,12-14,17H2,(H,34,35)/t20?,24-/m0/s1. The van der Waals surface area contributed by atoms with Gasteiger partial charge in [0.2, 0.25) is 5.91 Å². The molecule has 0 aromatic heterocycles. The number of aliphatic carboxylic acids is 1. The Hall–Kier alpha value is -3.94.